The standard InChI is InChI=1S/C12H20N2O3S/c1-5-17-11(15)10-9(3)18-12(14-10)13-8(2)6-7-16-4/h8H,5-7H2,1-4H3,(H,13,14). The van der Waals surface area contributed by atoms with Crippen molar-refractivity contribution in [1.82, 2.24) is 4.98 Å². The fraction of sp³-hybridized carbons (Fsp3) is 0.667. The van der Waals surface area contributed by atoms with Crippen molar-refractivity contribution in [3.05, 3.63) is 10.6 Å². The molecule has 1 aromatic rings. The quantitative estimate of drug-likeness (QED) is 0.773. The van der Waals surface area contributed by atoms with Crippen LogP contribution in [0.3, 0.4) is 0 Å². The number of nitrogens with zero attached hydrogens (tertiary/aromatic N) is 1. The van der Waals surface area contributed by atoms with Crippen LogP contribution in [0.2, 0.25) is 0 Å². The first-order valence-corrected chi connectivity index (χ1v) is 6.80. The van der Waals surface area contributed by atoms with Gasteiger partial charge in [0.1, 0.15) is 0 Å². The van der Waals surface area contributed by atoms with E-state index in [-0.39, 0.29) is 12.0 Å². The first-order valence-electron chi connectivity index (χ1n) is 5.98. The number of aryl methyl sites for hydroxylation is 1. The van der Waals surface area contributed by atoms with Crippen LogP contribution in [0, 0.1) is 6.92 Å². The molecule has 0 saturated carbocycles. The second-order valence-electron chi connectivity index (χ2n) is 3.97. The average molecular weight is 272 g/mol. The number of esters is 1. The zero-order valence-electron chi connectivity index (χ0n) is 11.3. The van der Waals surface area contributed by atoms with Crippen LogP contribution in [-0.2, 0) is 9.47 Å². The summed E-state index contributed by atoms with van der Waals surface area (Å²) in [5.41, 5.74) is 0.406. The SMILES string of the molecule is CCOC(=O)c1nc(NC(C)CCOC)sc1C. The van der Waals surface area contributed by atoms with E-state index in [2.05, 4.69) is 17.2 Å². The van der Waals surface area contributed by atoms with Gasteiger partial charge < -0.3 is 14.8 Å². The predicted molar refractivity (Wildman–Crippen MR) is 72.4 cm³/mol. The molecule has 0 aromatic carbocycles. The van der Waals surface area contributed by atoms with Crippen LogP contribution < -0.4 is 5.32 Å². The molecule has 0 spiro atoms. The summed E-state index contributed by atoms with van der Waals surface area (Å²) in [6.07, 6.45) is 0.893. The molecule has 102 valence electrons. The third-order valence-electron chi connectivity index (χ3n) is 2.39. The number of hydrogen-bond donors (Lipinski definition) is 1. The lowest BCUT2D eigenvalue weighted by Crippen LogP contribution is -2.17. The molecule has 5 nitrogen and oxygen atoms in total. The van der Waals surface area contributed by atoms with E-state index in [1.165, 1.54) is 11.3 Å². The van der Waals surface area contributed by atoms with Gasteiger partial charge in [0.2, 0.25) is 0 Å². The minimum absolute atomic E-state index is 0.255. The Morgan fingerprint density at radius 1 is 1.56 bits per heavy atom. The van der Waals surface area contributed by atoms with Gasteiger partial charge >= 0.3 is 5.97 Å². The lowest BCUT2D eigenvalue weighted by Gasteiger charge is -2.11. The molecular formula is C12H20N2O3S. The van der Waals surface area contributed by atoms with E-state index in [9.17, 15) is 4.79 Å². The molecule has 0 amide bonds. The highest BCUT2D eigenvalue weighted by Crippen LogP contribution is 2.23. The minimum atomic E-state index is -0.358. The minimum Gasteiger partial charge on any atom is -0.461 e. The molecule has 1 aromatic heterocycles. The summed E-state index contributed by atoms with van der Waals surface area (Å²) in [6.45, 7) is 6.77. The van der Waals surface area contributed by atoms with Gasteiger partial charge in [-0.1, -0.05) is 0 Å². The van der Waals surface area contributed by atoms with E-state index in [1.54, 1.807) is 14.0 Å². The zero-order chi connectivity index (χ0) is 13.5. The van der Waals surface area contributed by atoms with Gasteiger partial charge in [0, 0.05) is 24.6 Å². The fourth-order valence-electron chi connectivity index (χ4n) is 1.42. The highest BCUT2D eigenvalue weighted by atomic mass is 32.1. The molecule has 0 aliphatic carbocycles. The smallest absolute Gasteiger partial charge is 0.358 e. The maximum absolute atomic E-state index is 11.6. The van der Waals surface area contributed by atoms with Gasteiger partial charge in [-0.25, -0.2) is 9.78 Å². The first kappa shape index (κ1) is 14.9. The summed E-state index contributed by atoms with van der Waals surface area (Å²) in [4.78, 5) is 16.7. The second kappa shape index (κ2) is 7.33. The maximum atomic E-state index is 11.6. The molecule has 1 N–H and O–H groups in total. The highest BCUT2D eigenvalue weighted by Gasteiger charge is 2.17. The van der Waals surface area contributed by atoms with Gasteiger partial charge in [-0.2, -0.15) is 0 Å². The van der Waals surface area contributed by atoms with Gasteiger partial charge in [-0.3, -0.25) is 0 Å². The molecule has 0 aliphatic heterocycles. The topological polar surface area (TPSA) is 60.5 Å². The predicted octanol–water partition coefficient (Wildman–Crippen LogP) is 2.47. The van der Waals surface area contributed by atoms with Crippen LogP contribution in [0.5, 0.6) is 0 Å². The third kappa shape index (κ3) is 4.27. The molecule has 6 heteroatoms. The summed E-state index contributed by atoms with van der Waals surface area (Å²) in [5, 5.41) is 4.00. The molecule has 0 aliphatic rings. The lowest BCUT2D eigenvalue weighted by atomic mass is 10.2. The van der Waals surface area contributed by atoms with Crippen molar-refractivity contribution < 1.29 is 14.3 Å². The molecule has 0 saturated heterocycles. The number of carbonyl (C=O) groups excluding carboxylic acids is 1. The number of nitrogens with one attached hydrogen (secondary N) is 1. The maximum Gasteiger partial charge on any atom is 0.358 e. The summed E-state index contributed by atoms with van der Waals surface area (Å²) in [7, 11) is 1.68. The monoisotopic (exact) mass is 272 g/mol. The number of thiazole rings is 1. The van der Waals surface area contributed by atoms with Crippen molar-refractivity contribution in [3.8, 4) is 0 Å². The van der Waals surface area contributed by atoms with E-state index in [1.807, 2.05) is 6.92 Å². The number of methoxy groups -OCH3 is 1. The van der Waals surface area contributed by atoms with Gasteiger partial charge in [-0.05, 0) is 27.2 Å². The molecule has 0 radical (unpaired) electrons. The van der Waals surface area contributed by atoms with Crippen LogP contribution >= 0.6 is 11.3 Å². The fourth-order valence-corrected chi connectivity index (χ4v) is 2.34. The Morgan fingerprint density at radius 3 is 2.89 bits per heavy atom. The molecule has 1 unspecified atom stereocenters. The summed E-state index contributed by atoms with van der Waals surface area (Å²) in [5.74, 6) is -0.358. The first-order chi connectivity index (χ1) is 8.58. The Hall–Kier alpha value is -1.14. The molecular weight excluding hydrogens is 252 g/mol. The van der Waals surface area contributed by atoms with Crippen LogP contribution in [0.15, 0.2) is 0 Å². The molecule has 0 bridgehead atoms. The number of rotatable bonds is 7. The van der Waals surface area contributed by atoms with Crippen molar-refractivity contribution in [2.45, 2.75) is 33.2 Å². The number of anilines is 1. The third-order valence-corrected chi connectivity index (χ3v) is 3.29. The normalized spacial score (nSPS) is 12.2. The van der Waals surface area contributed by atoms with E-state index in [0.29, 0.717) is 18.9 Å². The Kier molecular flexibility index (Phi) is 6.07. The molecule has 1 rings (SSSR count). The number of ether oxygens (including phenoxy) is 2. The lowest BCUT2D eigenvalue weighted by molar-refractivity contribution is 0.0519. The summed E-state index contributed by atoms with van der Waals surface area (Å²) >= 11 is 1.47. The Balaban J connectivity index is 2.63. The van der Waals surface area contributed by atoms with Gasteiger partial charge in [0.05, 0.1) is 6.61 Å². The summed E-state index contributed by atoms with van der Waals surface area (Å²) in [6, 6.07) is 0.255. The van der Waals surface area contributed by atoms with E-state index in [4.69, 9.17) is 9.47 Å². The van der Waals surface area contributed by atoms with Crippen molar-refractivity contribution in [3.63, 3.8) is 0 Å². The zero-order valence-corrected chi connectivity index (χ0v) is 12.1. The van der Waals surface area contributed by atoms with Gasteiger partial charge in [0.15, 0.2) is 10.8 Å². The van der Waals surface area contributed by atoms with E-state index >= 15 is 0 Å². The Labute approximate surface area is 112 Å². The van der Waals surface area contributed by atoms with Crippen molar-refractivity contribution >= 4 is 22.4 Å². The van der Waals surface area contributed by atoms with E-state index < -0.39 is 0 Å². The number of aromatic nitrogens is 1. The van der Waals surface area contributed by atoms with Crippen LogP contribution in [0.25, 0.3) is 0 Å². The molecule has 1 atom stereocenters. The number of hydrogen-bond acceptors (Lipinski definition) is 6. The molecule has 1 heterocycles. The Bertz CT molecular complexity index is 393. The van der Waals surface area contributed by atoms with Crippen molar-refractivity contribution in [1.29, 1.82) is 0 Å². The van der Waals surface area contributed by atoms with Crippen LogP contribution in [0.4, 0.5) is 5.13 Å². The molecule has 18 heavy (non-hydrogen) atoms. The van der Waals surface area contributed by atoms with Crippen molar-refractivity contribution in [2.24, 2.45) is 0 Å². The van der Waals surface area contributed by atoms with Crippen LogP contribution in [-0.4, -0.2) is 37.3 Å². The summed E-state index contributed by atoms with van der Waals surface area (Å²) < 4.78 is 9.97. The highest BCUT2D eigenvalue weighted by molar-refractivity contribution is 7.15. The van der Waals surface area contributed by atoms with Gasteiger partial charge in [0.25, 0.3) is 0 Å². The second-order valence-corrected chi connectivity index (χ2v) is 5.17. The van der Waals surface area contributed by atoms with Crippen molar-refractivity contribution in [2.75, 3.05) is 25.6 Å². The Morgan fingerprint density at radius 2 is 2.28 bits per heavy atom. The van der Waals surface area contributed by atoms with Gasteiger partial charge in [-0.15, -0.1) is 11.3 Å². The largest absolute Gasteiger partial charge is 0.461 e. The number of carbonyl (C=O) groups is 1. The average Bonchev–Trinajstić information content (AvgIpc) is 2.68. The van der Waals surface area contributed by atoms with E-state index in [0.717, 1.165) is 16.4 Å². The van der Waals surface area contributed by atoms with Crippen LogP contribution in [0.1, 0.15) is 35.6 Å². The molecule has 0 fully saturated rings.